The van der Waals surface area contributed by atoms with E-state index >= 15 is 0 Å². The second-order valence-corrected chi connectivity index (χ2v) is 5.05. The molecule has 2 rings (SSSR count). The molecule has 20 heavy (non-hydrogen) atoms. The molecule has 0 spiro atoms. The molecular formula is C14H19N3O3. The first-order chi connectivity index (χ1) is 9.61. The zero-order valence-electron chi connectivity index (χ0n) is 11.5. The summed E-state index contributed by atoms with van der Waals surface area (Å²) < 4.78 is 0. The number of benzene rings is 1. The fourth-order valence-electron chi connectivity index (χ4n) is 2.56. The molecule has 0 heterocycles. The Bertz CT molecular complexity index is 510. The zero-order chi connectivity index (χ0) is 14.5. The van der Waals surface area contributed by atoms with Gasteiger partial charge in [-0.15, -0.1) is 0 Å². The highest BCUT2D eigenvalue weighted by molar-refractivity contribution is 5.95. The predicted octanol–water partition coefficient (Wildman–Crippen LogP) is 2.70. The highest BCUT2D eigenvalue weighted by atomic mass is 16.6. The largest absolute Gasteiger partial charge is 0.377 e. The number of nitro benzene ring substituents is 1. The van der Waals surface area contributed by atoms with Crippen molar-refractivity contribution in [2.75, 3.05) is 12.4 Å². The lowest BCUT2D eigenvalue weighted by Crippen LogP contribution is -2.23. The minimum absolute atomic E-state index is 0.0169. The Kier molecular flexibility index (Phi) is 4.55. The lowest BCUT2D eigenvalue weighted by Gasteiger charge is -2.23. The minimum atomic E-state index is -0.418. The number of nitro groups is 1. The molecule has 1 fully saturated rings. The molecule has 108 valence electrons. The normalized spacial score (nSPS) is 15.7. The Morgan fingerprint density at radius 1 is 1.30 bits per heavy atom. The van der Waals surface area contributed by atoms with Crippen LogP contribution in [0.1, 0.15) is 42.5 Å². The molecule has 1 aliphatic rings. The summed E-state index contributed by atoms with van der Waals surface area (Å²) in [7, 11) is 1.54. The molecule has 6 heteroatoms. The smallest absolute Gasteiger partial charge is 0.292 e. The Hall–Kier alpha value is -2.11. The zero-order valence-corrected chi connectivity index (χ0v) is 11.5. The van der Waals surface area contributed by atoms with E-state index in [1.807, 2.05) is 0 Å². The third kappa shape index (κ3) is 3.26. The van der Waals surface area contributed by atoms with Crippen LogP contribution in [0.25, 0.3) is 0 Å². The molecule has 0 unspecified atom stereocenters. The average Bonchev–Trinajstić information content (AvgIpc) is 2.47. The van der Waals surface area contributed by atoms with Gasteiger partial charge in [-0.25, -0.2) is 0 Å². The SMILES string of the molecule is CNC(=O)c1ccc([N+](=O)[O-])c(NC2CCCCC2)c1. The number of carbonyl (C=O) groups is 1. The van der Waals surface area contributed by atoms with Crippen LogP contribution in [0.5, 0.6) is 0 Å². The Balaban J connectivity index is 2.26. The van der Waals surface area contributed by atoms with Crippen LogP contribution < -0.4 is 10.6 Å². The first-order valence-electron chi connectivity index (χ1n) is 6.89. The summed E-state index contributed by atoms with van der Waals surface area (Å²) in [5.41, 5.74) is 0.877. The van der Waals surface area contributed by atoms with E-state index in [1.54, 1.807) is 6.07 Å². The van der Waals surface area contributed by atoms with Crippen LogP contribution in [0.2, 0.25) is 0 Å². The quantitative estimate of drug-likeness (QED) is 0.654. The molecule has 0 aromatic heterocycles. The Morgan fingerprint density at radius 3 is 2.60 bits per heavy atom. The van der Waals surface area contributed by atoms with E-state index in [0.717, 1.165) is 25.7 Å². The van der Waals surface area contributed by atoms with Crippen molar-refractivity contribution in [1.82, 2.24) is 5.32 Å². The van der Waals surface area contributed by atoms with Gasteiger partial charge in [0.25, 0.3) is 11.6 Å². The van der Waals surface area contributed by atoms with Gasteiger partial charge in [0, 0.05) is 24.7 Å². The summed E-state index contributed by atoms with van der Waals surface area (Å²) in [6.07, 6.45) is 5.53. The fraction of sp³-hybridized carbons (Fsp3) is 0.500. The fourth-order valence-corrected chi connectivity index (χ4v) is 2.56. The van der Waals surface area contributed by atoms with Gasteiger partial charge in [0.15, 0.2) is 0 Å². The Labute approximate surface area is 117 Å². The van der Waals surface area contributed by atoms with E-state index in [9.17, 15) is 14.9 Å². The van der Waals surface area contributed by atoms with Gasteiger partial charge in [-0.3, -0.25) is 14.9 Å². The summed E-state index contributed by atoms with van der Waals surface area (Å²) >= 11 is 0. The molecule has 1 aliphatic carbocycles. The molecule has 0 saturated heterocycles. The number of rotatable bonds is 4. The van der Waals surface area contributed by atoms with Gasteiger partial charge < -0.3 is 10.6 Å². The van der Waals surface area contributed by atoms with Crippen LogP contribution >= 0.6 is 0 Å². The average molecular weight is 277 g/mol. The van der Waals surface area contributed by atoms with Crippen LogP contribution in [0, 0.1) is 10.1 Å². The summed E-state index contributed by atoms with van der Waals surface area (Å²) in [6.45, 7) is 0. The molecule has 0 radical (unpaired) electrons. The predicted molar refractivity (Wildman–Crippen MR) is 77.0 cm³/mol. The van der Waals surface area contributed by atoms with Crippen molar-refractivity contribution >= 4 is 17.3 Å². The summed E-state index contributed by atoms with van der Waals surface area (Å²) in [4.78, 5) is 22.3. The number of carbonyl (C=O) groups excluding carboxylic acids is 1. The summed E-state index contributed by atoms with van der Waals surface area (Å²) in [5, 5.41) is 16.8. The van der Waals surface area contributed by atoms with E-state index < -0.39 is 4.92 Å². The number of amides is 1. The maximum absolute atomic E-state index is 11.6. The van der Waals surface area contributed by atoms with E-state index in [2.05, 4.69) is 10.6 Å². The van der Waals surface area contributed by atoms with Gasteiger partial charge in [0.05, 0.1) is 4.92 Å². The van der Waals surface area contributed by atoms with E-state index in [-0.39, 0.29) is 17.6 Å². The molecular weight excluding hydrogens is 258 g/mol. The van der Waals surface area contributed by atoms with Crippen molar-refractivity contribution < 1.29 is 9.72 Å². The van der Waals surface area contributed by atoms with E-state index in [1.165, 1.54) is 25.6 Å². The van der Waals surface area contributed by atoms with Gasteiger partial charge in [0.2, 0.25) is 0 Å². The third-order valence-corrected chi connectivity index (χ3v) is 3.65. The standard InChI is InChI=1S/C14H19N3O3/c1-15-14(18)10-7-8-13(17(19)20)12(9-10)16-11-5-3-2-4-6-11/h7-9,11,16H,2-6H2,1H3,(H,15,18). The van der Waals surface area contributed by atoms with Crippen LogP contribution in [-0.4, -0.2) is 23.9 Å². The monoisotopic (exact) mass is 277 g/mol. The molecule has 0 bridgehead atoms. The molecule has 0 aliphatic heterocycles. The van der Waals surface area contributed by atoms with Crippen molar-refractivity contribution in [3.63, 3.8) is 0 Å². The maximum Gasteiger partial charge on any atom is 0.292 e. The highest BCUT2D eigenvalue weighted by Gasteiger charge is 2.20. The maximum atomic E-state index is 11.6. The van der Waals surface area contributed by atoms with E-state index in [4.69, 9.17) is 0 Å². The van der Waals surface area contributed by atoms with Crippen molar-refractivity contribution in [1.29, 1.82) is 0 Å². The molecule has 1 aromatic rings. The van der Waals surface area contributed by atoms with Gasteiger partial charge >= 0.3 is 0 Å². The van der Waals surface area contributed by atoms with Crippen LogP contribution in [0.4, 0.5) is 11.4 Å². The van der Waals surface area contributed by atoms with Crippen molar-refractivity contribution in [3.8, 4) is 0 Å². The lowest BCUT2D eigenvalue weighted by atomic mass is 9.95. The van der Waals surface area contributed by atoms with Crippen LogP contribution in [-0.2, 0) is 0 Å². The lowest BCUT2D eigenvalue weighted by molar-refractivity contribution is -0.384. The van der Waals surface area contributed by atoms with Gasteiger partial charge in [-0.2, -0.15) is 0 Å². The Morgan fingerprint density at radius 2 is 2.00 bits per heavy atom. The van der Waals surface area contributed by atoms with Crippen molar-refractivity contribution in [2.24, 2.45) is 0 Å². The molecule has 1 aromatic carbocycles. The molecule has 2 N–H and O–H groups in total. The third-order valence-electron chi connectivity index (χ3n) is 3.65. The molecule has 1 saturated carbocycles. The number of hydrogen-bond donors (Lipinski definition) is 2. The van der Waals surface area contributed by atoms with Crippen LogP contribution in [0.3, 0.4) is 0 Å². The topological polar surface area (TPSA) is 84.3 Å². The number of anilines is 1. The first-order valence-corrected chi connectivity index (χ1v) is 6.89. The number of nitrogens with zero attached hydrogens (tertiary/aromatic N) is 1. The van der Waals surface area contributed by atoms with Gasteiger partial charge in [0.1, 0.15) is 5.69 Å². The minimum Gasteiger partial charge on any atom is -0.377 e. The first kappa shape index (κ1) is 14.3. The second-order valence-electron chi connectivity index (χ2n) is 5.05. The number of nitrogens with one attached hydrogen (secondary N) is 2. The van der Waals surface area contributed by atoms with Crippen molar-refractivity contribution in [2.45, 2.75) is 38.1 Å². The molecule has 6 nitrogen and oxygen atoms in total. The molecule has 0 atom stereocenters. The van der Waals surface area contributed by atoms with Crippen LogP contribution in [0.15, 0.2) is 18.2 Å². The van der Waals surface area contributed by atoms with E-state index in [0.29, 0.717) is 11.3 Å². The summed E-state index contributed by atoms with van der Waals surface area (Å²) in [6, 6.07) is 4.67. The van der Waals surface area contributed by atoms with Crippen molar-refractivity contribution in [3.05, 3.63) is 33.9 Å². The van der Waals surface area contributed by atoms with Gasteiger partial charge in [-0.05, 0) is 25.0 Å². The number of hydrogen-bond acceptors (Lipinski definition) is 4. The highest BCUT2D eigenvalue weighted by Crippen LogP contribution is 2.29. The summed E-state index contributed by atoms with van der Waals surface area (Å²) in [5.74, 6) is -0.244. The second kappa shape index (κ2) is 6.36. The van der Waals surface area contributed by atoms with Gasteiger partial charge in [-0.1, -0.05) is 19.3 Å². The molecule has 1 amide bonds.